The summed E-state index contributed by atoms with van der Waals surface area (Å²) in [6.07, 6.45) is 0. The number of morpholine rings is 1. The third-order valence-electron chi connectivity index (χ3n) is 4.17. The van der Waals surface area contributed by atoms with Gasteiger partial charge in [0.2, 0.25) is 15.9 Å². The molecule has 7 nitrogen and oxygen atoms in total. The van der Waals surface area contributed by atoms with Gasteiger partial charge in [0.1, 0.15) is 22.3 Å². The number of halogens is 3. The summed E-state index contributed by atoms with van der Waals surface area (Å²) >= 11 is 0. The second-order valence-corrected chi connectivity index (χ2v) is 8.09. The summed E-state index contributed by atoms with van der Waals surface area (Å²) in [5, 5.41) is 4.84. The second-order valence-electron chi connectivity index (χ2n) is 6.19. The van der Waals surface area contributed by atoms with Crippen molar-refractivity contribution in [1.82, 2.24) is 4.31 Å². The number of hydrogen-bond acceptors (Lipinski definition) is 5. The van der Waals surface area contributed by atoms with E-state index in [-0.39, 0.29) is 44.2 Å². The van der Waals surface area contributed by atoms with Crippen molar-refractivity contribution in [3.63, 3.8) is 0 Å². The van der Waals surface area contributed by atoms with Crippen LogP contribution in [0.2, 0.25) is 0 Å². The van der Waals surface area contributed by atoms with Crippen molar-refractivity contribution in [1.29, 1.82) is 0 Å². The number of carbonyl (C=O) groups is 1. The average Bonchev–Trinajstić information content (AvgIpc) is 2.70. The molecule has 2 aromatic rings. The Bertz CT molecular complexity index is 1010. The summed E-state index contributed by atoms with van der Waals surface area (Å²) in [5.41, 5.74) is -0.153. The van der Waals surface area contributed by atoms with E-state index in [9.17, 15) is 26.4 Å². The fraction of sp³-hybridized carbons (Fsp3) is 0.278. The lowest BCUT2D eigenvalue weighted by Crippen LogP contribution is -2.40. The van der Waals surface area contributed by atoms with E-state index in [1.807, 2.05) is 0 Å². The molecule has 1 aliphatic heterocycles. The molecule has 1 amide bonds. The Hall–Kier alpha value is -2.63. The predicted octanol–water partition coefficient (Wildman–Crippen LogP) is 2.18. The minimum Gasteiger partial charge on any atom is -0.379 e. The Morgan fingerprint density at radius 3 is 2.45 bits per heavy atom. The molecule has 0 bridgehead atoms. The fourth-order valence-corrected chi connectivity index (χ4v) is 4.21. The largest absolute Gasteiger partial charge is 0.379 e. The maximum absolute atomic E-state index is 14.2. The predicted molar refractivity (Wildman–Crippen MR) is 99.5 cm³/mol. The summed E-state index contributed by atoms with van der Waals surface area (Å²) in [4.78, 5) is 11.4. The van der Waals surface area contributed by atoms with Crippen LogP contribution in [0.1, 0.15) is 0 Å². The number of carbonyl (C=O) groups excluding carboxylic acids is 1. The standard InChI is InChI=1S/C18H18F3N3O4S/c19-12-1-3-14(20)16(9-12)23-18(25)11-22-13-2-4-15(21)17(10-13)29(26,27)24-5-7-28-8-6-24/h1-4,9-10,22H,5-8,11H2,(H,23,25). The molecule has 0 saturated carbocycles. The van der Waals surface area contributed by atoms with Gasteiger partial charge in [0.25, 0.3) is 0 Å². The Labute approximate surface area is 165 Å². The molecule has 2 N–H and O–H groups in total. The van der Waals surface area contributed by atoms with Crippen molar-refractivity contribution in [3.05, 3.63) is 53.8 Å². The number of hydrogen-bond donors (Lipinski definition) is 2. The number of benzene rings is 2. The molecule has 11 heteroatoms. The van der Waals surface area contributed by atoms with Crippen molar-refractivity contribution >= 4 is 27.3 Å². The molecule has 0 atom stereocenters. The van der Waals surface area contributed by atoms with Gasteiger partial charge in [-0.25, -0.2) is 21.6 Å². The molecule has 0 spiro atoms. The van der Waals surface area contributed by atoms with E-state index in [0.717, 1.165) is 34.6 Å². The van der Waals surface area contributed by atoms with Crippen LogP contribution in [0.25, 0.3) is 0 Å². The van der Waals surface area contributed by atoms with Crippen molar-refractivity contribution < 1.29 is 31.1 Å². The number of nitrogens with zero attached hydrogens (tertiary/aromatic N) is 1. The molecule has 156 valence electrons. The van der Waals surface area contributed by atoms with Crippen LogP contribution in [0.15, 0.2) is 41.3 Å². The maximum atomic E-state index is 14.2. The summed E-state index contributed by atoms with van der Waals surface area (Å²) in [5.74, 6) is -3.14. The lowest BCUT2D eigenvalue weighted by molar-refractivity contribution is -0.114. The Morgan fingerprint density at radius 1 is 1.03 bits per heavy atom. The maximum Gasteiger partial charge on any atom is 0.246 e. The van der Waals surface area contributed by atoms with Crippen LogP contribution in [-0.2, 0) is 19.6 Å². The van der Waals surface area contributed by atoms with E-state index in [1.54, 1.807) is 0 Å². The first-order chi connectivity index (χ1) is 13.8. The van der Waals surface area contributed by atoms with Crippen LogP contribution in [0.5, 0.6) is 0 Å². The highest BCUT2D eigenvalue weighted by Gasteiger charge is 2.29. The van der Waals surface area contributed by atoms with Gasteiger partial charge in [-0.05, 0) is 30.3 Å². The monoisotopic (exact) mass is 429 g/mol. The summed E-state index contributed by atoms with van der Waals surface area (Å²) in [6.45, 7) is 0.284. The van der Waals surface area contributed by atoms with Gasteiger partial charge in [0, 0.05) is 24.8 Å². The third-order valence-corrected chi connectivity index (χ3v) is 6.09. The van der Waals surface area contributed by atoms with Crippen LogP contribution in [-0.4, -0.2) is 51.5 Å². The highest BCUT2D eigenvalue weighted by Crippen LogP contribution is 2.24. The van der Waals surface area contributed by atoms with E-state index in [2.05, 4.69) is 10.6 Å². The quantitative estimate of drug-likeness (QED) is 0.735. The number of ether oxygens (including phenoxy) is 1. The minimum atomic E-state index is -4.07. The van der Waals surface area contributed by atoms with E-state index in [0.29, 0.717) is 0 Å². The van der Waals surface area contributed by atoms with Crippen molar-refractivity contribution in [2.75, 3.05) is 43.5 Å². The zero-order valence-corrected chi connectivity index (χ0v) is 15.9. The Morgan fingerprint density at radius 2 is 1.72 bits per heavy atom. The molecule has 0 aliphatic carbocycles. The fourth-order valence-electron chi connectivity index (χ4n) is 2.71. The molecule has 0 radical (unpaired) electrons. The lowest BCUT2D eigenvalue weighted by Gasteiger charge is -2.26. The molecule has 3 rings (SSSR count). The molecule has 0 unspecified atom stereocenters. The van der Waals surface area contributed by atoms with E-state index in [1.165, 1.54) is 6.07 Å². The van der Waals surface area contributed by atoms with Crippen LogP contribution in [0.4, 0.5) is 24.5 Å². The van der Waals surface area contributed by atoms with Gasteiger partial charge in [-0.1, -0.05) is 0 Å². The first kappa shape index (κ1) is 21.1. The normalized spacial score (nSPS) is 15.1. The first-order valence-corrected chi connectivity index (χ1v) is 10.1. The van der Waals surface area contributed by atoms with Gasteiger partial charge in [-0.2, -0.15) is 4.31 Å². The van der Waals surface area contributed by atoms with E-state index in [4.69, 9.17) is 4.74 Å². The molecule has 1 heterocycles. The van der Waals surface area contributed by atoms with Gasteiger partial charge < -0.3 is 15.4 Å². The van der Waals surface area contributed by atoms with Gasteiger partial charge in [0.15, 0.2) is 0 Å². The van der Waals surface area contributed by atoms with Crippen LogP contribution < -0.4 is 10.6 Å². The van der Waals surface area contributed by atoms with Gasteiger partial charge in [0.05, 0.1) is 25.4 Å². The highest BCUT2D eigenvalue weighted by atomic mass is 32.2. The molecular weight excluding hydrogens is 411 g/mol. The first-order valence-electron chi connectivity index (χ1n) is 8.63. The summed E-state index contributed by atoms with van der Waals surface area (Å²) in [6, 6.07) is 5.94. The SMILES string of the molecule is O=C(CNc1ccc(F)c(S(=O)(=O)N2CCOCC2)c1)Nc1cc(F)ccc1F. The van der Waals surface area contributed by atoms with Crippen molar-refractivity contribution in [3.8, 4) is 0 Å². The number of sulfonamides is 1. The smallest absolute Gasteiger partial charge is 0.246 e. The number of amides is 1. The highest BCUT2D eigenvalue weighted by molar-refractivity contribution is 7.89. The Kier molecular flexibility index (Phi) is 6.40. The van der Waals surface area contributed by atoms with Crippen LogP contribution >= 0.6 is 0 Å². The molecule has 0 aromatic heterocycles. The zero-order chi connectivity index (χ0) is 21.0. The van der Waals surface area contributed by atoms with Gasteiger partial charge >= 0.3 is 0 Å². The lowest BCUT2D eigenvalue weighted by atomic mass is 10.3. The van der Waals surface area contributed by atoms with Crippen molar-refractivity contribution in [2.24, 2.45) is 0 Å². The van der Waals surface area contributed by atoms with Gasteiger partial charge in [-0.15, -0.1) is 0 Å². The van der Waals surface area contributed by atoms with E-state index < -0.39 is 38.3 Å². The third kappa shape index (κ3) is 5.05. The molecular formula is C18H18F3N3O4S. The van der Waals surface area contributed by atoms with Crippen LogP contribution in [0.3, 0.4) is 0 Å². The minimum absolute atomic E-state index is 0.112. The van der Waals surface area contributed by atoms with Crippen molar-refractivity contribution in [2.45, 2.75) is 4.90 Å². The molecule has 1 saturated heterocycles. The Balaban J connectivity index is 1.69. The topological polar surface area (TPSA) is 87.7 Å². The summed E-state index contributed by atoms with van der Waals surface area (Å²) < 4.78 is 72.4. The molecule has 2 aromatic carbocycles. The molecule has 29 heavy (non-hydrogen) atoms. The van der Waals surface area contributed by atoms with Crippen LogP contribution in [0, 0.1) is 17.5 Å². The second kappa shape index (κ2) is 8.80. The zero-order valence-electron chi connectivity index (χ0n) is 15.1. The van der Waals surface area contributed by atoms with E-state index >= 15 is 0 Å². The average molecular weight is 429 g/mol. The molecule has 1 fully saturated rings. The van der Waals surface area contributed by atoms with Gasteiger partial charge in [-0.3, -0.25) is 4.79 Å². The number of nitrogens with one attached hydrogen (secondary N) is 2. The summed E-state index contributed by atoms with van der Waals surface area (Å²) in [7, 11) is -4.07. The number of anilines is 2. The molecule has 1 aliphatic rings. The number of rotatable bonds is 6.